The number of benzene rings is 1. The average Bonchev–Trinajstić information content (AvgIpc) is 2.36. The summed E-state index contributed by atoms with van der Waals surface area (Å²) in [5.74, 6) is 2.02. The molecular formula is C18H25F. The van der Waals surface area contributed by atoms with Crippen molar-refractivity contribution in [3.63, 3.8) is 0 Å². The molecule has 1 aromatic rings. The van der Waals surface area contributed by atoms with E-state index in [1.807, 2.05) is 12.1 Å². The molecule has 0 heterocycles. The zero-order valence-corrected chi connectivity index (χ0v) is 12.4. The van der Waals surface area contributed by atoms with Gasteiger partial charge in [0.1, 0.15) is 5.82 Å². The van der Waals surface area contributed by atoms with Crippen LogP contribution in [0, 0.1) is 30.5 Å². The Morgan fingerprint density at radius 3 is 2.74 bits per heavy atom. The Morgan fingerprint density at radius 1 is 1.32 bits per heavy atom. The van der Waals surface area contributed by atoms with Crippen molar-refractivity contribution < 1.29 is 4.39 Å². The maximum absolute atomic E-state index is 13.6. The smallest absolute Gasteiger partial charge is 0.126 e. The fraction of sp³-hybridized carbons (Fsp3) is 0.556. The summed E-state index contributed by atoms with van der Waals surface area (Å²) in [7, 11) is 0. The normalized spacial score (nSPS) is 27.3. The Balaban J connectivity index is 2.05. The van der Waals surface area contributed by atoms with E-state index in [1.54, 1.807) is 13.0 Å². The highest BCUT2D eigenvalue weighted by Crippen LogP contribution is 2.38. The van der Waals surface area contributed by atoms with Crippen LogP contribution >= 0.6 is 0 Å². The highest BCUT2D eigenvalue weighted by atomic mass is 19.1. The minimum Gasteiger partial charge on any atom is -0.207 e. The van der Waals surface area contributed by atoms with Crippen molar-refractivity contribution in [2.45, 2.75) is 46.5 Å². The van der Waals surface area contributed by atoms with Crippen molar-refractivity contribution in [3.8, 4) is 0 Å². The highest BCUT2D eigenvalue weighted by Gasteiger charge is 2.27. The molecule has 0 aliphatic heterocycles. The second kappa shape index (κ2) is 5.90. The Labute approximate surface area is 116 Å². The molecule has 3 unspecified atom stereocenters. The predicted octanol–water partition coefficient (Wildman–Crippen LogP) is 5.31. The van der Waals surface area contributed by atoms with E-state index in [9.17, 15) is 4.39 Å². The molecule has 0 nitrogen and oxygen atoms in total. The number of allylic oxidation sites excluding steroid dienone is 1. The van der Waals surface area contributed by atoms with E-state index in [-0.39, 0.29) is 5.82 Å². The molecule has 3 atom stereocenters. The van der Waals surface area contributed by atoms with Crippen molar-refractivity contribution in [1.29, 1.82) is 0 Å². The van der Waals surface area contributed by atoms with Crippen LogP contribution in [0.4, 0.5) is 4.39 Å². The molecule has 1 saturated carbocycles. The largest absolute Gasteiger partial charge is 0.207 e. The SMILES string of the molecule is C=C(Cc1ccc(C)c(F)c1)C1CC(C)CCC1C. The van der Waals surface area contributed by atoms with Crippen LogP contribution in [0.3, 0.4) is 0 Å². The van der Waals surface area contributed by atoms with Crippen LogP contribution in [0.2, 0.25) is 0 Å². The fourth-order valence-corrected chi connectivity index (χ4v) is 3.24. The Hall–Kier alpha value is -1.11. The standard InChI is InChI=1S/C18H25F/c1-12-5-6-13(2)17(9-12)15(4)10-16-8-7-14(3)18(19)11-16/h7-8,11-13,17H,4-6,9-10H2,1-3H3. The molecule has 2 rings (SSSR count). The predicted molar refractivity (Wildman–Crippen MR) is 79.7 cm³/mol. The molecule has 0 radical (unpaired) electrons. The topological polar surface area (TPSA) is 0 Å². The number of aryl methyl sites for hydroxylation is 1. The van der Waals surface area contributed by atoms with E-state index < -0.39 is 0 Å². The molecule has 1 aliphatic rings. The quantitative estimate of drug-likeness (QED) is 0.646. The summed E-state index contributed by atoms with van der Waals surface area (Å²) in [5, 5.41) is 0. The first-order valence-electron chi connectivity index (χ1n) is 7.40. The third kappa shape index (κ3) is 3.46. The lowest BCUT2D eigenvalue weighted by Gasteiger charge is -2.34. The first-order valence-corrected chi connectivity index (χ1v) is 7.40. The maximum Gasteiger partial charge on any atom is 0.126 e. The van der Waals surface area contributed by atoms with Gasteiger partial charge < -0.3 is 0 Å². The zero-order valence-electron chi connectivity index (χ0n) is 12.4. The molecule has 1 fully saturated rings. The van der Waals surface area contributed by atoms with E-state index in [1.165, 1.54) is 24.8 Å². The van der Waals surface area contributed by atoms with Gasteiger partial charge in [0.2, 0.25) is 0 Å². The molecule has 104 valence electrons. The van der Waals surface area contributed by atoms with Crippen LogP contribution < -0.4 is 0 Å². The summed E-state index contributed by atoms with van der Waals surface area (Å²) < 4.78 is 13.6. The van der Waals surface area contributed by atoms with E-state index in [0.29, 0.717) is 11.5 Å². The van der Waals surface area contributed by atoms with Gasteiger partial charge in [-0.05, 0) is 61.1 Å². The molecule has 1 aliphatic carbocycles. The molecule has 0 N–H and O–H groups in total. The third-order valence-corrected chi connectivity index (χ3v) is 4.65. The van der Waals surface area contributed by atoms with Crippen molar-refractivity contribution >= 4 is 0 Å². The Bertz CT molecular complexity index is 461. The van der Waals surface area contributed by atoms with Crippen LogP contribution in [-0.2, 0) is 6.42 Å². The highest BCUT2D eigenvalue weighted by molar-refractivity contribution is 5.27. The lowest BCUT2D eigenvalue weighted by molar-refractivity contribution is 0.232. The fourth-order valence-electron chi connectivity index (χ4n) is 3.24. The zero-order chi connectivity index (χ0) is 14.0. The van der Waals surface area contributed by atoms with Crippen molar-refractivity contribution in [1.82, 2.24) is 0 Å². The van der Waals surface area contributed by atoms with Gasteiger partial charge in [0.25, 0.3) is 0 Å². The van der Waals surface area contributed by atoms with Crippen LogP contribution in [0.5, 0.6) is 0 Å². The van der Waals surface area contributed by atoms with Gasteiger partial charge in [0.05, 0.1) is 0 Å². The van der Waals surface area contributed by atoms with Gasteiger partial charge in [-0.2, -0.15) is 0 Å². The minimum atomic E-state index is -0.102. The number of hydrogen-bond acceptors (Lipinski definition) is 0. The van der Waals surface area contributed by atoms with Gasteiger partial charge in [-0.25, -0.2) is 4.39 Å². The molecule has 0 amide bonds. The van der Waals surface area contributed by atoms with E-state index in [0.717, 1.165) is 23.8 Å². The molecule has 19 heavy (non-hydrogen) atoms. The van der Waals surface area contributed by atoms with Gasteiger partial charge in [-0.3, -0.25) is 0 Å². The lowest BCUT2D eigenvalue weighted by Crippen LogP contribution is -2.23. The molecule has 0 saturated heterocycles. The molecule has 1 heteroatoms. The van der Waals surface area contributed by atoms with E-state index in [2.05, 4.69) is 20.4 Å². The monoisotopic (exact) mass is 260 g/mol. The second-order valence-electron chi connectivity index (χ2n) is 6.42. The second-order valence-corrected chi connectivity index (χ2v) is 6.42. The summed E-state index contributed by atoms with van der Waals surface area (Å²) in [4.78, 5) is 0. The molecule has 0 aromatic heterocycles. The Morgan fingerprint density at radius 2 is 2.05 bits per heavy atom. The van der Waals surface area contributed by atoms with Gasteiger partial charge in [-0.1, -0.05) is 44.6 Å². The summed E-state index contributed by atoms with van der Waals surface area (Å²) in [6.45, 7) is 10.8. The minimum absolute atomic E-state index is 0.102. The average molecular weight is 260 g/mol. The van der Waals surface area contributed by atoms with Crippen molar-refractivity contribution in [3.05, 3.63) is 47.3 Å². The summed E-state index contributed by atoms with van der Waals surface area (Å²) >= 11 is 0. The summed E-state index contributed by atoms with van der Waals surface area (Å²) in [5.41, 5.74) is 3.05. The molecular weight excluding hydrogens is 235 g/mol. The Kier molecular flexibility index (Phi) is 4.44. The maximum atomic E-state index is 13.6. The first kappa shape index (κ1) is 14.3. The van der Waals surface area contributed by atoms with Crippen molar-refractivity contribution in [2.24, 2.45) is 17.8 Å². The van der Waals surface area contributed by atoms with Gasteiger partial charge in [-0.15, -0.1) is 0 Å². The van der Waals surface area contributed by atoms with Crippen LogP contribution in [-0.4, -0.2) is 0 Å². The number of rotatable bonds is 3. The number of halogens is 1. The molecule has 1 aromatic carbocycles. The van der Waals surface area contributed by atoms with Crippen LogP contribution in [0.25, 0.3) is 0 Å². The van der Waals surface area contributed by atoms with Crippen LogP contribution in [0.1, 0.15) is 44.2 Å². The third-order valence-electron chi connectivity index (χ3n) is 4.65. The molecule has 0 spiro atoms. The van der Waals surface area contributed by atoms with E-state index in [4.69, 9.17) is 0 Å². The van der Waals surface area contributed by atoms with Crippen molar-refractivity contribution in [2.75, 3.05) is 0 Å². The van der Waals surface area contributed by atoms with Crippen LogP contribution in [0.15, 0.2) is 30.4 Å². The number of hydrogen-bond donors (Lipinski definition) is 0. The van der Waals surface area contributed by atoms with E-state index >= 15 is 0 Å². The molecule has 0 bridgehead atoms. The lowest BCUT2D eigenvalue weighted by atomic mass is 9.71. The van der Waals surface area contributed by atoms with Gasteiger partial charge >= 0.3 is 0 Å². The van der Waals surface area contributed by atoms with Gasteiger partial charge in [0.15, 0.2) is 0 Å². The van der Waals surface area contributed by atoms with Gasteiger partial charge in [0, 0.05) is 0 Å². The summed E-state index contributed by atoms with van der Waals surface area (Å²) in [6.07, 6.45) is 4.70. The summed E-state index contributed by atoms with van der Waals surface area (Å²) in [6, 6.07) is 5.56. The first-order chi connectivity index (χ1) is 8.97.